The molecule has 33 heavy (non-hydrogen) atoms. The standard InChI is InChI=1S/C25H23FN4O2S/c1-3-32-22-13-11-21(12-14-22)30-24(18-6-4-5-17(2)15-18)28-29-25(30)33-16-23(31)27-20-9-7-19(26)8-10-20/h4-15H,3,16H2,1-2H3,(H,27,31). The van der Waals surface area contributed by atoms with Gasteiger partial charge in [-0.15, -0.1) is 10.2 Å². The molecule has 168 valence electrons. The summed E-state index contributed by atoms with van der Waals surface area (Å²) < 4.78 is 20.6. The zero-order valence-electron chi connectivity index (χ0n) is 18.3. The quantitative estimate of drug-likeness (QED) is 0.350. The SMILES string of the molecule is CCOc1ccc(-n2c(SCC(=O)Nc3ccc(F)cc3)nnc2-c2cccc(C)c2)cc1. The largest absolute Gasteiger partial charge is 0.494 e. The van der Waals surface area contributed by atoms with Gasteiger partial charge in [0, 0.05) is 16.9 Å². The molecule has 0 aliphatic carbocycles. The van der Waals surface area contributed by atoms with Gasteiger partial charge in [-0.3, -0.25) is 9.36 Å². The molecule has 3 aromatic carbocycles. The zero-order chi connectivity index (χ0) is 23.2. The van der Waals surface area contributed by atoms with Crippen molar-refractivity contribution < 1.29 is 13.9 Å². The van der Waals surface area contributed by atoms with Crippen LogP contribution in [0.2, 0.25) is 0 Å². The lowest BCUT2D eigenvalue weighted by Gasteiger charge is -2.12. The number of thioether (sulfide) groups is 1. The number of halogens is 1. The molecule has 0 bridgehead atoms. The summed E-state index contributed by atoms with van der Waals surface area (Å²) in [6.07, 6.45) is 0. The number of amides is 1. The number of nitrogens with zero attached hydrogens (tertiary/aromatic N) is 3. The summed E-state index contributed by atoms with van der Waals surface area (Å²) in [6.45, 7) is 4.55. The van der Waals surface area contributed by atoms with Crippen molar-refractivity contribution >= 4 is 23.4 Å². The van der Waals surface area contributed by atoms with Crippen LogP contribution in [0.1, 0.15) is 12.5 Å². The lowest BCUT2D eigenvalue weighted by Crippen LogP contribution is -2.14. The van der Waals surface area contributed by atoms with Crippen LogP contribution in [0.5, 0.6) is 5.75 Å². The smallest absolute Gasteiger partial charge is 0.234 e. The molecular formula is C25H23FN4O2S. The first-order valence-corrected chi connectivity index (χ1v) is 11.5. The van der Waals surface area contributed by atoms with Gasteiger partial charge >= 0.3 is 0 Å². The average Bonchev–Trinajstić information content (AvgIpc) is 3.24. The van der Waals surface area contributed by atoms with Crippen molar-refractivity contribution in [3.8, 4) is 22.8 Å². The third-order valence-corrected chi connectivity index (χ3v) is 5.70. The Labute approximate surface area is 195 Å². The highest BCUT2D eigenvalue weighted by atomic mass is 32.2. The Bertz CT molecular complexity index is 1240. The fourth-order valence-corrected chi connectivity index (χ4v) is 4.04. The number of nitrogens with one attached hydrogen (secondary N) is 1. The number of ether oxygens (including phenoxy) is 1. The molecule has 0 atom stereocenters. The number of hydrogen-bond acceptors (Lipinski definition) is 5. The molecule has 0 spiro atoms. The molecule has 0 unspecified atom stereocenters. The summed E-state index contributed by atoms with van der Waals surface area (Å²) in [5.41, 5.74) is 3.44. The van der Waals surface area contributed by atoms with Gasteiger partial charge in [0.05, 0.1) is 12.4 Å². The molecule has 0 saturated heterocycles. The van der Waals surface area contributed by atoms with Gasteiger partial charge in [0.1, 0.15) is 11.6 Å². The van der Waals surface area contributed by atoms with Gasteiger partial charge in [-0.1, -0.05) is 35.5 Å². The number of aryl methyl sites for hydroxylation is 1. The summed E-state index contributed by atoms with van der Waals surface area (Å²) in [5.74, 6) is 1.02. The zero-order valence-corrected chi connectivity index (χ0v) is 19.1. The predicted molar refractivity (Wildman–Crippen MR) is 128 cm³/mol. The van der Waals surface area contributed by atoms with E-state index < -0.39 is 0 Å². The van der Waals surface area contributed by atoms with Crippen molar-refractivity contribution in [1.82, 2.24) is 14.8 Å². The van der Waals surface area contributed by atoms with Crippen LogP contribution in [0.25, 0.3) is 17.1 Å². The average molecular weight is 463 g/mol. The normalized spacial score (nSPS) is 10.8. The molecule has 1 amide bonds. The van der Waals surface area contributed by atoms with E-state index in [4.69, 9.17) is 4.74 Å². The van der Waals surface area contributed by atoms with E-state index in [1.165, 1.54) is 36.0 Å². The van der Waals surface area contributed by atoms with Crippen molar-refractivity contribution in [2.75, 3.05) is 17.7 Å². The third-order valence-electron chi connectivity index (χ3n) is 4.78. The number of anilines is 1. The molecule has 0 radical (unpaired) electrons. The Balaban J connectivity index is 1.60. The van der Waals surface area contributed by atoms with E-state index in [9.17, 15) is 9.18 Å². The molecule has 4 rings (SSSR count). The maximum absolute atomic E-state index is 13.1. The highest BCUT2D eigenvalue weighted by Crippen LogP contribution is 2.29. The highest BCUT2D eigenvalue weighted by molar-refractivity contribution is 7.99. The van der Waals surface area contributed by atoms with E-state index in [1.807, 2.05) is 66.9 Å². The molecule has 1 heterocycles. The first-order valence-electron chi connectivity index (χ1n) is 10.5. The number of hydrogen-bond donors (Lipinski definition) is 1. The van der Waals surface area contributed by atoms with Crippen LogP contribution in [-0.2, 0) is 4.79 Å². The Morgan fingerprint density at radius 1 is 1.06 bits per heavy atom. The van der Waals surface area contributed by atoms with Gasteiger partial charge < -0.3 is 10.1 Å². The van der Waals surface area contributed by atoms with E-state index in [2.05, 4.69) is 15.5 Å². The lowest BCUT2D eigenvalue weighted by molar-refractivity contribution is -0.113. The highest BCUT2D eigenvalue weighted by Gasteiger charge is 2.18. The van der Waals surface area contributed by atoms with E-state index in [0.717, 1.165) is 22.6 Å². The number of carbonyl (C=O) groups excluding carboxylic acids is 1. The van der Waals surface area contributed by atoms with Gasteiger partial charge in [-0.25, -0.2) is 4.39 Å². The molecule has 4 aromatic rings. The second-order valence-corrected chi connectivity index (χ2v) is 8.22. The number of rotatable bonds is 8. The Morgan fingerprint density at radius 3 is 2.52 bits per heavy atom. The minimum Gasteiger partial charge on any atom is -0.494 e. The number of carbonyl (C=O) groups is 1. The molecule has 0 saturated carbocycles. The molecule has 1 N–H and O–H groups in total. The first kappa shape index (κ1) is 22.5. The van der Waals surface area contributed by atoms with Crippen LogP contribution in [0.4, 0.5) is 10.1 Å². The third kappa shape index (κ3) is 5.59. The number of benzene rings is 3. The molecular weight excluding hydrogens is 439 g/mol. The van der Waals surface area contributed by atoms with E-state index in [1.54, 1.807) is 0 Å². The maximum Gasteiger partial charge on any atom is 0.234 e. The maximum atomic E-state index is 13.1. The van der Waals surface area contributed by atoms with Crippen molar-refractivity contribution in [2.24, 2.45) is 0 Å². The van der Waals surface area contributed by atoms with Crippen LogP contribution in [0, 0.1) is 12.7 Å². The van der Waals surface area contributed by atoms with Gasteiger partial charge in [-0.2, -0.15) is 0 Å². The lowest BCUT2D eigenvalue weighted by atomic mass is 10.1. The van der Waals surface area contributed by atoms with Crippen molar-refractivity contribution in [2.45, 2.75) is 19.0 Å². The van der Waals surface area contributed by atoms with Crippen LogP contribution >= 0.6 is 11.8 Å². The van der Waals surface area contributed by atoms with Gasteiger partial charge in [-0.05, 0) is 68.4 Å². The molecule has 0 fully saturated rings. The van der Waals surface area contributed by atoms with Gasteiger partial charge in [0.25, 0.3) is 0 Å². The van der Waals surface area contributed by atoms with Crippen LogP contribution < -0.4 is 10.1 Å². The molecule has 1 aromatic heterocycles. The van der Waals surface area contributed by atoms with Crippen molar-refractivity contribution in [1.29, 1.82) is 0 Å². The molecule has 6 nitrogen and oxygen atoms in total. The number of aromatic nitrogens is 3. The Morgan fingerprint density at radius 2 is 1.82 bits per heavy atom. The summed E-state index contributed by atoms with van der Waals surface area (Å²) in [7, 11) is 0. The minimum atomic E-state index is -0.352. The van der Waals surface area contributed by atoms with Gasteiger partial charge in [0.2, 0.25) is 5.91 Å². The topological polar surface area (TPSA) is 69.0 Å². The fraction of sp³-hybridized carbons (Fsp3) is 0.160. The summed E-state index contributed by atoms with van der Waals surface area (Å²) in [5, 5.41) is 12.1. The molecule has 0 aliphatic rings. The van der Waals surface area contributed by atoms with Crippen LogP contribution in [0.15, 0.2) is 78.0 Å². The Hall–Kier alpha value is -3.65. The van der Waals surface area contributed by atoms with Crippen molar-refractivity contribution in [3.63, 3.8) is 0 Å². The van der Waals surface area contributed by atoms with E-state index >= 15 is 0 Å². The first-order chi connectivity index (χ1) is 16.0. The second-order valence-electron chi connectivity index (χ2n) is 7.28. The van der Waals surface area contributed by atoms with Crippen LogP contribution in [0.3, 0.4) is 0 Å². The summed E-state index contributed by atoms with van der Waals surface area (Å²) in [4.78, 5) is 12.5. The summed E-state index contributed by atoms with van der Waals surface area (Å²) >= 11 is 1.28. The van der Waals surface area contributed by atoms with Crippen molar-refractivity contribution in [3.05, 3.63) is 84.2 Å². The van der Waals surface area contributed by atoms with Crippen LogP contribution in [-0.4, -0.2) is 33.0 Å². The second kappa shape index (κ2) is 10.3. The monoisotopic (exact) mass is 462 g/mol. The molecule has 0 aliphatic heterocycles. The molecule has 8 heteroatoms. The summed E-state index contributed by atoms with van der Waals surface area (Å²) in [6, 6.07) is 21.4. The van der Waals surface area contributed by atoms with E-state index in [-0.39, 0.29) is 17.5 Å². The fourth-order valence-electron chi connectivity index (χ4n) is 3.29. The minimum absolute atomic E-state index is 0.125. The predicted octanol–water partition coefficient (Wildman–Crippen LogP) is 5.51. The van der Waals surface area contributed by atoms with E-state index in [0.29, 0.717) is 23.3 Å². The Kier molecular flexibility index (Phi) is 7.04. The van der Waals surface area contributed by atoms with Gasteiger partial charge in [0.15, 0.2) is 11.0 Å².